The highest BCUT2D eigenvalue weighted by Gasteiger charge is 2.42. The Kier molecular flexibility index (Phi) is 4.09. The van der Waals surface area contributed by atoms with E-state index in [9.17, 15) is 0 Å². The number of rotatable bonds is 4. The zero-order valence-corrected chi connectivity index (χ0v) is 15.1. The normalized spacial score (nSPS) is 18.8. The third kappa shape index (κ3) is 3.19. The largest absolute Gasteiger partial charge is 0.457 e. The molecular weight excluding hydrogens is 304 g/mol. The molecule has 3 aromatic rings. The molecule has 0 bridgehead atoms. The van der Waals surface area contributed by atoms with Crippen LogP contribution < -0.4 is 4.74 Å². The van der Waals surface area contributed by atoms with Gasteiger partial charge in [-0.15, -0.1) is 0 Å². The molecule has 126 valence electrons. The van der Waals surface area contributed by atoms with Crippen LogP contribution in [0.5, 0.6) is 11.5 Å². The monoisotopic (exact) mass is 328 g/mol. The Labute approximate surface area is 150 Å². The van der Waals surface area contributed by atoms with Crippen LogP contribution in [0.15, 0.2) is 66.7 Å². The molecule has 0 spiro atoms. The molecule has 0 aliphatic heterocycles. The summed E-state index contributed by atoms with van der Waals surface area (Å²) >= 11 is 0. The van der Waals surface area contributed by atoms with E-state index in [2.05, 4.69) is 57.2 Å². The molecule has 1 aliphatic carbocycles. The topological polar surface area (TPSA) is 9.23 Å². The van der Waals surface area contributed by atoms with E-state index in [4.69, 9.17) is 4.74 Å². The molecule has 2 unspecified atom stereocenters. The summed E-state index contributed by atoms with van der Waals surface area (Å²) in [6.45, 7) is 6.62. The van der Waals surface area contributed by atoms with E-state index in [1.165, 1.54) is 34.2 Å². The fraction of sp³-hybridized carbons (Fsp3) is 0.250. The van der Waals surface area contributed by atoms with E-state index >= 15 is 0 Å². The molecule has 0 N–H and O–H groups in total. The van der Waals surface area contributed by atoms with Gasteiger partial charge in [0.2, 0.25) is 0 Å². The molecule has 0 saturated heterocycles. The van der Waals surface area contributed by atoms with Gasteiger partial charge < -0.3 is 4.74 Å². The Morgan fingerprint density at radius 3 is 2.20 bits per heavy atom. The smallest absolute Gasteiger partial charge is 0.130 e. The molecule has 1 nitrogen and oxygen atoms in total. The molecule has 25 heavy (non-hydrogen) atoms. The van der Waals surface area contributed by atoms with Gasteiger partial charge in [0.1, 0.15) is 11.5 Å². The Bertz CT molecular complexity index is 875. The fourth-order valence-electron chi connectivity index (χ4n) is 3.94. The van der Waals surface area contributed by atoms with Crippen LogP contribution in [0.1, 0.15) is 46.1 Å². The third-order valence-corrected chi connectivity index (χ3v) is 5.24. The van der Waals surface area contributed by atoms with Crippen molar-refractivity contribution in [2.75, 3.05) is 0 Å². The molecule has 1 aliphatic rings. The lowest BCUT2D eigenvalue weighted by atomic mass is 9.95. The summed E-state index contributed by atoms with van der Waals surface area (Å²) < 4.78 is 6.21. The van der Waals surface area contributed by atoms with Crippen LogP contribution in [0.3, 0.4) is 0 Å². The van der Waals surface area contributed by atoms with Gasteiger partial charge in [-0.2, -0.15) is 0 Å². The standard InChI is InChI=1S/C24H24O/c1-16-12-13-23(25-19-10-5-4-6-11-19)21(14-16)20-15-22(20)24-17(2)8-7-9-18(24)3/h4-14,20,22H,15H2,1-3H3. The number of aryl methyl sites for hydroxylation is 3. The number of para-hydroxylation sites is 1. The van der Waals surface area contributed by atoms with Crippen molar-refractivity contribution in [1.82, 2.24) is 0 Å². The predicted molar refractivity (Wildman–Crippen MR) is 104 cm³/mol. The van der Waals surface area contributed by atoms with Gasteiger partial charge in [0.25, 0.3) is 0 Å². The average Bonchev–Trinajstić information content (AvgIpc) is 3.37. The summed E-state index contributed by atoms with van der Waals surface area (Å²) in [7, 11) is 0. The number of benzene rings is 3. The lowest BCUT2D eigenvalue weighted by Crippen LogP contribution is -1.95. The molecule has 0 heterocycles. The van der Waals surface area contributed by atoms with Crippen molar-refractivity contribution in [2.24, 2.45) is 0 Å². The summed E-state index contributed by atoms with van der Waals surface area (Å²) in [5, 5.41) is 0. The molecule has 1 saturated carbocycles. The van der Waals surface area contributed by atoms with Crippen LogP contribution in [0.4, 0.5) is 0 Å². The Morgan fingerprint density at radius 2 is 1.48 bits per heavy atom. The van der Waals surface area contributed by atoms with Crippen LogP contribution >= 0.6 is 0 Å². The van der Waals surface area contributed by atoms with Crippen LogP contribution in [0.2, 0.25) is 0 Å². The van der Waals surface area contributed by atoms with E-state index in [0.29, 0.717) is 11.8 Å². The van der Waals surface area contributed by atoms with Crippen molar-refractivity contribution >= 4 is 0 Å². The quantitative estimate of drug-likeness (QED) is 0.519. The van der Waals surface area contributed by atoms with E-state index in [1.54, 1.807) is 0 Å². The first-order chi connectivity index (χ1) is 12.1. The first-order valence-electron chi connectivity index (χ1n) is 9.03. The van der Waals surface area contributed by atoms with Crippen LogP contribution in [0.25, 0.3) is 0 Å². The van der Waals surface area contributed by atoms with Crippen LogP contribution in [-0.2, 0) is 0 Å². The third-order valence-electron chi connectivity index (χ3n) is 5.24. The first-order valence-corrected chi connectivity index (χ1v) is 9.03. The van der Waals surface area contributed by atoms with Crippen molar-refractivity contribution in [3.8, 4) is 11.5 Å². The van der Waals surface area contributed by atoms with Gasteiger partial charge in [-0.05, 0) is 79.5 Å². The molecule has 4 rings (SSSR count). The molecule has 1 heteroatoms. The molecular formula is C24H24O. The van der Waals surface area contributed by atoms with Gasteiger partial charge in [0, 0.05) is 0 Å². The summed E-state index contributed by atoms with van der Waals surface area (Å²) in [6.07, 6.45) is 1.21. The van der Waals surface area contributed by atoms with Crippen molar-refractivity contribution in [1.29, 1.82) is 0 Å². The maximum absolute atomic E-state index is 6.21. The van der Waals surface area contributed by atoms with Crippen LogP contribution in [-0.4, -0.2) is 0 Å². The summed E-state index contributed by atoms with van der Waals surface area (Å²) in [4.78, 5) is 0. The van der Waals surface area contributed by atoms with Gasteiger partial charge in [0.05, 0.1) is 0 Å². The van der Waals surface area contributed by atoms with E-state index in [1.807, 2.05) is 30.3 Å². The molecule has 2 atom stereocenters. The maximum atomic E-state index is 6.21. The maximum Gasteiger partial charge on any atom is 0.130 e. The molecule has 0 aromatic heterocycles. The fourth-order valence-corrected chi connectivity index (χ4v) is 3.94. The van der Waals surface area contributed by atoms with Crippen molar-refractivity contribution in [3.63, 3.8) is 0 Å². The minimum atomic E-state index is 0.554. The highest BCUT2D eigenvalue weighted by atomic mass is 16.5. The lowest BCUT2D eigenvalue weighted by molar-refractivity contribution is 0.476. The predicted octanol–water partition coefficient (Wildman–Crippen LogP) is 6.68. The number of hydrogen-bond donors (Lipinski definition) is 0. The van der Waals surface area contributed by atoms with E-state index in [0.717, 1.165) is 11.5 Å². The SMILES string of the molecule is Cc1ccc(Oc2ccccc2)c(C2CC2c2c(C)cccc2C)c1. The van der Waals surface area contributed by atoms with Crippen molar-refractivity contribution < 1.29 is 4.74 Å². The van der Waals surface area contributed by atoms with Gasteiger partial charge in [-0.25, -0.2) is 0 Å². The summed E-state index contributed by atoms with van der Waals surface area (Å²) in [6, 6.07) is 23.2. The lowest BCUT2D eigenvalue weighted by Gasteiger charge is -2.14. The molecule has 0 amide bonds. The van der Waals surface area contributed by atoms with E-state index in [-0.39, 0.29) is 0 Å². The summed E-state index contributed by atoms with van der Waals surface area (Å²) in [5.41, 5.74) is 6.98. The highest BCUT2D eigenvalue weighted by molar-refractivity contribution is 5.50. The van der Waals surface area contributed by atoms with Gasteiger partial charge in [-0.3, -0.25) is 0 Å². The summed E-state index contributed by atoms with van der Waals surface area (Å²) in [5.74, 6) is 3.06. The minimum Gasteiger partial charge on any atom is -0.457 e. The van der Waals surface area contributed by atoms with Crippen molar-refractivity contribution in [2.45, 2.75) is 39.0 Å². The van der Waals surface area contributed by atoms with Gasteiger partial charge in [-0.1, -0.05) is 54.1 Å². The van der Waals surface area contributed by atoms with E-state index < -0.39 is 0 Å². The highest BCUT2D eigenvalue weighted by Crippen LogP contribution is 2.58. The Morgan fingerprint density at radius 1 is 0.760 bits per heavy atom. The Hall–Kier alpha value is -2.54. The number of hydrogen-bond acceptors (Lipinski definition) is 1. The van der Waals surface area contributed by atoms with Gasteiger partial charge in [0.15, 0.2) is 0 Å². The second-order valence-electron chi connectivity index (χ2n) is 7.21. The zero-order chi connectivity index (χ0) is 17.4. The van der Waals surface area contributed by atoms with Crippen molar-refractivity contribution in [3.05, 3.63) is 94.5 Å². The first kappa shape index (κ1) is 16.0. The van der Waals surface area contributed by atoms with Gasteiger partial charge >= 0.3 is 0 Å². The second kappa shape index (κ2) is 6.40. The average molecular weight is 328 g/mol. The minimum absolute atomic E-state index is 0.554. The van der Waals surface area contributed by atoms with Crippen LogP contribution in [0, 0.1) is 20.8 Å². The molecule has 0 radical (unpaired) electrons. The zero-order valence-electron chi connectivity index (χ0n) is 15.1. The molecule has 3 aromatic carbocycles. The number of ether oxygens (including phenoxy) is 1. The molecule has 1 fully saturated rings. The second-order valence-corrected chi connectivity index (χ2v) is 7.21. The Balaban J connectivity index is 1.66.